The number of likely N-dealkylation sites (tertiary alicyclic amines) is 1. The van der Waals surface area contributed by atoms with E-state index in [-0.39, 0.29) is 17.9 Å². The van der Waals surface area contributed by atoms with Crippen LogP contribution in [-0.4, -0.2) is 48.2 Å². The van der Waals surface area contributed by atoms with Gasteiger partial charge in [-0.3, -0.25) is 4.79 Å². The highest BCUT2D eigenvalue weighted by Crippen LogP contribution is 2.21. The van der Waals surface area contributed by atoms with Crippen molar-refractivity contribution in [2.24, 2.45) is 11.8 Å². The zero-order chi connectivity index (χ0) is 9.42. The first-order valence-corrected chi connectivity index (χ1v) is 4.86. The smallest absolute Gasteiger partial charge is 0.225 e. The van der Waals surface area contributed by atoms with E-state index in [1.165, 1.54) is 0 Å². The van der Waals surface area contributed by atoms with Gasteiger partial charge in [0.15, 0.2) is 0 Å². The van der Waals surface area contributed by atoms with Crippen LogP contribution in [0, 0.1) is 11.8 Å². The summed E-state index contributed by atoms with van der Waals surface area (Å²) in [6, 6.07) is 0. The average molecular weight is 184 g/mol. The quantitative estimate of drug-likeness (QED) is 0.581. The van der Waals surface area contributed by atoms with Gasteiger partial charge in [0.05, 0.1) is 6.10 Å². The molecule has 2 rings (SSSR count). The highest BCUT2D eigenvalue weighted by atomic mass is 16.3. The van der Waals surface area contributed by atoms with E-state index in [2.05, 4.69) is 5.32 Å². The van der Waals surface area contributed by atoms with Crippen molar-refractivity contribution in [2.45, 2.75) is 13.0 Å². The summed E-state index contributed by atoms with van der Waals surface area (Å²) in [6.07, 6.45) is -0.282. The molecular weight excluding hydrogens is 168 g/mol. The molecule has 2 heterocycles. The maximum absolute atomic E-state index is 11.7. The molecule has 2 fully saturated rings. The number of hydrogen-bond donors (Lipinski definition) is 2. The second kappa shape index (κ2) is 3.27. The molecule has 0 aromatic heterocycles. The van der Waals surface area contributed by atoms with Gasteiger partial charge in [-0.1, -0.05) is 6.92 Å². The minimum atomic E-state index is -0.282. The minimum absolute atomic E-state index is 0.119. The van der Waals surface area contributed by atoms with Gasteiger partial charge >= 0.3 is 0 Å². The van der Waals surface area contributed by atoms with Gasteiger partial charge in [0.2, 0.25) is 5.91 Å². The van der Waals surface area contributed by atoms with Crippen LogP contribution in [0.25, 0.3) is 0 Å². The normalized spacial score (nSPS) is 26.5. The lowest BCUT2D eigenvalue weighted by molar-refractivity contribution is -0.147. The highest BCUT2D eigenvalue weighted by Gasteiger charge is 2.36. The van der Waals surface area contributed by atoms with Crippen molar-refractivity contribution in [2.75, 3.05) is 26.2 Å². The van der Waals surface area contributed by atoms with E-state index in [4.69, 9.17) is 5.11 Å². The van der Waals surface area contributed by atoms with Gasteiger partial charge in [-0.15, -0.1) is 0 Å². The molecule has 1 atom stereocenters. The van der Waals surface area contributed by atoms with Crippen LogP contribution in [0.2, 0.25) is 0 Å². The zero-order valence-corrected chi connectivity index (χ0v) is 7.86. The molecule has 2 N–H and O–H groups in total. The lowest BCUT2D eigenvalue weighted by Crippen LogP contribution is -2.58. The molecule has 0 radical (unpaired) electrons. The summed E-state index contributed by atoms with van der Waals surface area (Å²) in [5.41, 5.74) is 0. The molecule has 74 valence electrons. The molecule has 1 unspecified atom stereocenters. The number of carbonyl (C=O) groups excluding carboxylic acids is 1. The van der Waals surface area contributed by atoms with Crippen molar-refractivity contribution >= 4 is 5.91 Å². The number of aliphatic hydroxyl groups excluding tert-OH is 1. The third-order valence-corrected chi connectivity index (χ3v) is 3.08. The molecule has 0 bridgehead atoms. The molecule has 0 saturated carbocycles. The van der Waals surface area contributed by atoms with Gasteiger partial charge in [-0.05, 0) is 19.0 Å². The average Bonchev–Trinajstić information content (AvgIpc) is 1.94. The highest BCUT2D eigenvalue weighted by molar-refractivity contribution is 5.79. The van der Waals surface area contributed by atoms with E-state index in [0.717, 1.165) is 13.1 Å². The van der Waals surface area contributed by atoms with E-state index in [1.54, 1.807) is 4.90 Å². The molecule has 0 aromatic carbocycles. The Kier molecular flexibility index (Phi) is 2.26. The summed E-state index contributed by atoms with van der Waals surface area (Å²) in [7, 11) is 0. The summed E-state index contributed by atoms with van der Waals surface area (Å²) in [5.74, 6) is 0.829. The Bertz CT molecular complexity index is 210. The predicted molar refractivity (Wildman–Crippen MR) is 48.1 cm³/mol. The molecule has 0 spiro atoms. The number of amides is 1. The molecule has 2 aliphatic heterocycles. The Morgan fingerprint density at radius 2 is 2.15 bits per heavy atom. The third kappa shape index (κ3) is 1.56. The zero-order valence-electron chi connectivity index (χ0n) is 7.86. The van der Waals surface area contributed by atoms with Gasteiger partial charge in [0, 0.05) is 19.0 Å². The Hall–Kier alpha value is -0.610. The summed E-state index contributed by atoms with van der Waals surface area (Å²) in [5, 5.41) is 12.2. The Labute approximate surface area is 77.9 Å². The van der Waals surface area contributed by atoms with E-state index in [1.807, 2.05) is 6.92 Å². The maximum Gasteiger partial charge on any atom is 0.225 e. The van der Waals surface area contributed by atoms with Crippen LogP contribution >= 0.6 is 0 Å². The number of hydrogen-bond acceptors (Lipinski definition) is 3. The van der Waals surface area contributed by atoms with E-state index in [0.29, 0.717) is 19.0 Å². The lowest BCUT2D eigenvalue weighted by Gasteiger charge is -2.41. The van der Waals surface area contributed by atoms with Crippen LogP contribution in [-0.2, 0) is 4.79 Å². The molecular formula is C9H16N2O2. The lowest BCUT2D eigenvalue weighted by atomic mass is 9.87. The molecule has 4 heteroatoms. The van der Waals surface area contributed by atoms with Gasteiger partial charge in [-0.25, -0.2) is 0 Å². The second-order valence-electron chi connectivity index (χ2n) is 4.10. The summed E-state index contributed by atoms with van der Waals surface area (Å²) >= 11 is 0. The summed E-state index contributed by atoms with van der Waals surface area (Å²) < 4.78 is 0. The largest absolute Gasteiger partial charge is 0.389 e. The Morgan fingerprint density at radius 1 is 1.54 bits per heavy atom. The van der Waals surface area contributed by atoms with Crippen molar-refractivity contribution in [3.8, 4) is 0 Å². The SMILES string of the molecule is CC(C(=O)N1CC(O)C1)C1CNC1. The molecule has 0 aromatic rings. The fourth-order valence-corrected chi connectivity index (χ4v) is 1.79. The molecule has 0 aliphatic carbocycles. The van der Waals surface area contributed by atoms with Crippen molar-refractivity contribution < 1.29 is 9.90 Å². The fraction of sp³-hybridized carbons (Fsp3) is 0.889. The first kappa shape index (κ1) is 8.97. The molecule has 13 heavy (non-hydrogen) atoms. The number of carbonyl (C=O) groups is 1. The number of aliphatic hydroxyl groups is 1. The molecule has 1 amide bonds. The molecule has 2 saturated heterocycles. The van der Waals surface area contributed by atoms with Crippen molar-refractivity contribution in [1.29, 1.82) is 0 Å². The minimum Gasteiger partial charge on any atom is -0.389 e. The topological polar surface area (TPSA) is 52.6 Å². The fourth-order valence-electron chi connectivity index (χ4n) is 1.79. The van der Waals surface area contributed by atoms with Crippen molar-refractivity contribution in [1.82, 2.24) is 10.2 Å². The van der Waals surface area contributed by atoms with Crippen LogP contribution in [0.1, 0.15) is 6.92 Å². The van der Waals surface area contributed by atoms with Crippen LogP contribution < -0.4 is 5.32 Å². The number of β-amino-alcohol motifs (C(OH)–C–C–N with tert-alkyl or cyclic N) is 1. The van der Waals surface area contributed by atoms with Crippen molar-refractivity contribution in [3.63, 3.8) is 0 Å². The molecule has 4 nitrogen and oxygen atoms in total. The van der Waals surface area contributed by atoms with Gasteiger partial charge in [0.25, 0.3) is 0 Å². The maximum atomic E-state index is 11.7. The van der Waals surface area contributed by atoms with E-state index < -0.39 is 0 Å². The predicted octanol–water partition coefficient (Wildman–Crippen LogP) is -0.955. The Morgan fingerprint density at radius 3 is 2.54 bits per heavy atom. The van der Waals surface area contributed by atoms with Crippen LogP contribution in [0.15, 0.2) is 0 Å². The van der Waals surface area contributed by atoms with Gasteiger partial charge in [-0.2, -0.15) is 0 Å². The van der Waals surface area contributed by atoms with E-state index in [9.17, 15) is 4.79 Å². The van der Waals surface area contributed by atoms with Gasteiger partial charge in [0.1, 0.15) is 0 Å². The summed E-state index contributed by atoms with van der Waals surface area (Å²) in [4.78, 5) is 13.4. The molecule has 2 aliphatic rings. The van der Waals surface area contributed by atoms with Crippen LogP contribution in [0.4, 0.5) is 0 Å². The van der Waals surface area contributed by atoms with E-state index >= 15 is 0 Å². The van der Waals surface area contributed by atoms with Crippen LogP contribution in [0.5, 0.6) is 0 Å². The number of nitrogens with one attached hydrogen (secondary N) is 1. The number of nitrogens with zero attached hydrogens (tertiary/aromatic N) is 1. The Balaban J connectivity index is 1.82. The summed E-state index contributed by atoms with van der Waals surface area (Å²) in [6.45, 7) is 4.97. The monoisotopic (exact) mass is 184 g/mol. The van der Waals surface area contributed by atoms with Gasteiger partial charge < -0.3 is 15.3 Å². The number of rotatable bonds is 2. The third-order valence-electron chi connectivity index (χ3n) is 3.08. The van der Waals surface area contributed by atoms with Crippen LogP contribution in [0.3, 0.4) is 0 Å². The second-order valence-corrected chi connectivity index (χ2v) is 4.10. The first-order valence-electron chi connectivity index (χ1n) is 4.86. The first-order chi connectivity index (χ1) is 6.18. The van der Waals surface area contributed by atoms with Crippen molar-refractivity contribution in [3.05, 3.63) is 0 Å². The standard InChI is InChI=1S/C9H16N2O2/c1-6(7-2-10-3-7)9(13)11-4-8(12)5-11/h6-8,10,12H,2-5H2,1H3.